The Labute approximate surface area is 95.6 Å². The molecule has 3 nitrogen and oxygen atoms in total. The third-order valence-corrected chi connectivity index (χ3v) is 2.75. The molecule has 1 fully saturated rings. The highest BCUT2D eigenvalue weighted by atomic mass is 16.6. The van der Waals surface area contributed by atoms with E-state index in [1.807, 2.05) is 32.9 Å². The van der Waals surface area contributed by atoms with Gasteiger partial charge in [0.05, 0.1) is 18.2 Å². The summed E-state index contributed by atoms with van der Waals surface area (Å²) in [4.78, 5) is 0. The summed E-state index contributed by atoms with van der Waals surface area (Å²) in [6.45, 7) is 7.28. The van der Waals surface area contributed by atoms with Crippen LogP contribution in [0.4, 0.5) is 0 Å². The number of ether oxygens (including phenoxy) is 2. The van der Waals surface area contributed by atoms with Crippen molar-refractivity contribution in [2.45, 2.75) is 26.4 Å². The van der Waals surface area contributed by atoms with Gasteiger partial charge in [-0.05, 0) is 44.0 Å². The monoisotopic (exact) mass is 217 g/mol. The summed E-state index contributed by atoms with van der Waals surface area (Å²) in [5.41, 5.74) is 2.57. The second kappa shape index (κ2) is 3.80. The summed E-state index contributed by atoms with van der Waals surface area (Å²) >= 11 is 0. The van der Waals surface area contributed by atoms with E-state index in [1.54, 1.807) is 0 Å². The van der Waals surface area contributed by atoms with Crippen molar-refractivity contribution in [3.8, 4) is 11.8 Å². The minimum atomic E-state index is -0.104. The lowest BCUT2D eigenvalue weighted by Gasteiger charge is -2.14. The summed E-state index contributed by atoms with van der Waals surface area (Å²) in [6.07, 6.45) is 0. The van der Waals surface area contributed by atoms with Crippen LogP contribution in [0.2, 0.25) is 0 Å². The highest BCUT2D eigenvalue weighted by Gasteiger charge is 2.40. The number of rotatable bonds is 3. The van der Waals surface area contributed by atoms with Gasteiger partial charge in [-0.3, -0.25) is 0 Å². The lowest BCUT2D eigenvalue weighted by Crippen LogP contribution is -2.17. The average molecular weight is 217 g/mol. The number of nitriles is 1. The number of aryl methyl sites for hydroxylation is 2. The topological polar surface area (TPSA) is 45.5 Å². The zero-order chi connectivity index (χ0) is 11.8. The molecular weight excluding hydrogens is 202 g/mol. The average Bonchev–Trinajstić information content (AvgIpc) is 2.95. The fourth-order valence-corrected chi connectivity index (χ4v) is 1.67. The van der Waals surface area contributed by atoms with Crippen LogP contribution in [-0.4, -0.2) is 18.8 Å². The zero-order valence-electron chi connectivity index (χ0n) is 9.83. The highest BCUT2D eigenvalue weighted by Crippen LogP contribution is 2.30. The van der Waals surface area contributed by atoms with Crippen molar-refractivity contribution < 1.29 is 9.47 Å². The van der Waals surface area contributed by atoms with Gasteiger partial charge in [0.25, 0.3) is 0 Å². The fourth-order valence-electron chi connectivity index (χ4n) is 1.67. The van der Waals surface area contributed by atoms with Gasteiger partial charge in [0.15, 0.2) is 0 Å². The van der Waals surface area contributed by atoms with Gasteiger partial charge in [0, 0.05) is 0 Å². The number of nitrogens with zero attached hydrogens (tertiary/aromatic N) is 1. The zero-order valence-corrected chi connectivity index (χ0v) is 9.83. The van der Waals surface area contributed by atoms with Crippen LogP contribution in [0.1, 0.15) is 23.6 Å². The maximum atomic E-state index is 8.84. The van der Waals surface area contributed by atoms with Crippen molar-refractivity contribution >= 4 is 0 Å². The van der Waals surface area contributed by atoms with Crippen molar-refractivity contribution in [1.82, 2.24) is 0 Å². The third-order valence-electron chi connectivity index (χ3n) is 2.75. The van der Waals surface area contributed by atoms with E-state index in [1.165, 1.54) is 0 Å². The van der Waals surface area contributed by atoms with Gasteiger partial charge >= 0.3 is 0 Å². The molecule has 1 atom stereocenters. The summed E-state index contributed by atoms with van der Waals surface area (Å²) < 4.78 is 11.0. The smallest absolute Gasteiger partial charge is 0.125 e. The second-order valence-electron chi connectivity index (χ2n) is 4.58. The Kier molecular flexibility index (Phi) is 2.61. The van der Waals surface area contributed by atoms with Gasteiger partial charge in [-0.2, -0.15) is 5.26 Å². The molecule has 0 amide bonds. The van der Waals surface area contributed by atoms with E-state index in [0.717, 1.165) is 23.5 Å². The van der Waals surface area contributed by atoms with Crippen molar-refractivity contribution in [2.24, 2.45) is 0 Å². The van der Waals surface area contributed by atoms with Gasteiger partial charge in [0.1, 0.15) is 18.0 Å². The van der Waals surface area contributed by atoms with E-state index < -0.39 is 0 Å². The van der Waals surface area contributed by atoms with Gasteiger partial charge in [-0.25, -0.2) is 0 Å². The van der Waals surface area contributed by atoms with Crippen molar-refractivity contribution in [2.75, 3.05) is 13.2 Å². The first kappa shape index (κ1) is 11.0. The Morgan fingerprint density at radius 2 is 2.00 bits per heavy atom. The molecule has 1 unspecified atom stereocenters. The molecule has 1 aromatic rings. The Morgan fingerprint density at radius 1 is 1.44 bits per heavy atom. The largest absolute Gasteiger partial charge is 0.490 e. The number of epoxide rings is 1. The van der Waals surface area contributed by atoms with E-state index in [-0.39, 0.29) is 5.60 Å². The molecule has 2 rings (SSSR count). The molecule has 1 aliphatic heterocycles. The minimum Gasteiger partial charge on any atom is -0.490 e. The fraction of sp³-hybridized carbons (Fsp3) is 0.462. The molecule has 1 aromatic carbocycles. The highest BCUT2D eigenvalue weighted by molar-refractivity contribution is 5.47. The Hall–Kier alpha value is -1.53. The predicted octanol–water partition coefficient (Wildman–Crippen LogP) is 2.34. The second-order valence-corrected chi connectivity index (χ2v) is 4.58. The molecule has 0 aliphatic carbocycles. The van der Waals surface area contributed by atoms with Crippen molar-refractivity contribution in [3.63, 3.8) is 0 Å². The number of hydrogen-bond acceptors (Lipinski definition) is 3. The Morgan fingerprint density at radius 3 is 2.44 bits per heavy atom. The summed E-state index contributed by atoms with van der Waals surface area (Å²) in [5.74, 6) is 0.871. The maximum absolute atomic E-state index is 8.84. The SMILES string of the molecule is Cc1cc(C#N)cc(C)c1OCC1(C)CO1. The lowest BCUT2D eigenvalue weighted by molar-refractivity contribution is 0.201. The van der Waals surface area contributed by atoms with Crippen LogP contribution in [-0.2, 0) is 4.74 Å². The Balaban J connectivity index is 2.17. The van der Waals surface area contributed by atoms with Crippen LogP contribution in [0, 0.1) is 25.2 Å². The molecule has 3 heteroatoms. The van der Waals surface area contributed by atoms with Crippen LogP contribution in [0.3, 0.4) is 0 Å². The first-order valence-electron chi connectivity index (χ1n) is 5.32. The first-order chi connectivity index (χ1) is 7.54. The number of hydrogen-bond donors (Lipinski definition) is 0. The standard InChI is InChI=1S/C13H15NO2/c1-9-4-11(6-14)5-10(2)12(9)15-7-13(3)8-16-13/h4-5H,7-8H2,1-3H3. The van der Waals surface area contributed by atoms with Crippen LogP contribution >= 0.6 is 0 Å². The molecule has 0 N–H and O–H groups in total. The van der Waals surface area contributed by atoms with E-state index in [0.29, 0.717) is 12.2 Å². The predicted molar refractivity (Wildman–Crippen MR) is 60.5 cm³/mol. The molecule has 84 valence electrons. The van der Waals surface area contributed by atoms with Gasteiger partial charge in [-0.1, -0.05) is 0 Å². The van der Waals surface area contributed by atoms with Crippen molar-refractivity contribution in [3.05, 3.63) is 28.8 Å². The van der Waals surface area contributed by atoms with E-state index in [9.17, 15) is 0 Å². The number of benzene rings is 1. The molecular formula is C13H15NO2. The van der Waals surface area contributed by atoms with Crippen LogP contribution < -0.4 is 4.74 Å². The molecule has 0 aromatic heterocycles. The first-order valence-corrected chi connectivity index (χ1v) is 5.32. The van der Waals surface area contributed by atoms with Crippen LogP contribution in [0.25, 0.3) is 0 Å². The molecule has 1 aliphatic rings. The molecule has 0 saturated carbocycles. The van der Waals surface area contributed by atoms with E-state index in [4.69, 9.17) is 14.7 Å². The summed E-state index contributed by atoms with van der Waals surface area (Å²) in [5, 5.41) is 8.84. The molecule has 0 spiro atoms. The van der Waals surface area contributed by atoms with Gasteiger partial charge < -0.3 is 9.47 Å². The Bertz CT molecular complexity index is 432. The van der Waals surface area contributed by atoms with Gasteiger partial charge in [-0.15, -0.1) is 0 Å². The van der Waals surface area contributed by atoms with Crippen molar-refractivity contribution in [1.29, 1.82) is 5.26 Å². The summed E-state index contributed by atoms with van der Waals surface area (Å²) in [7, 11) is 0. The molecule has 0 bridgehead atoms. The molecule has 1 saturated heterocycles. The normalized spacial score (nSPS) is 22.6. The van der Waals surface area contributed by atoms with Crippen LogP contribution in [0.15, 0.2) is 12.1 Å². The van der Waals surface area contributed by atoms with Crippen LogP contribution in [0.5, 0.6) is 5.75 Å². The van der Waals surface area contributed by atoms with E-state index >= 15 is 0 Å². The maximum Gasteiger partial charge on any atom is 0.125 e. The third kappa shape index (κ3) is 2.17. The minimum absolute atomic E-state index is 0.104. The molecule has 1 heterocycles. The molecule has 16 heavy (non-hydrogen) atoms. The molecule has 0 radical (unpaired) electrons. The van der Waals surface area contributed by atoms with E-state index in [2.05, 4.69) is 6.07 Å². The lowest BCUT2D eigenvalue weighted by atomic mass is 10.1. The summed E-state index contributed by atoms with van der Waals surface area (Å²) in [6, 6.07) is 5.83. The quantitative estimate of drug-likeness (QED) is 0.730. The van der Waals surface area contributed by atoms with Gasteiger partial charge in [0.2, 0.25) is 0 Å².